The van der Waals surface area contributed by atoms with Crippen molar-refractivity contribution in [3.8, 4) is 0 Å². The van der Waals surface area contributed by atoms with Crippen molar-refractivity contribution < 1.29 is 8.83 Å². The van der Waals surface area contributed by atoms with Crippen molar-refractivity contribution in [1.82, 2.24) is 0 Å². The zero-order chi connectivity index (χ0) is 45.6. The van der Waals surface area contributed by atoms with E-state index in [4.69, 9.17) is 8.83 Å². The van der Waals surface area contributed by atoms with Gasteiger partial charge < -0.3 is 18.6 Å². The van der Waals surface area contributed by atoms with E-state index in [-0.39, 0.29) is 0 Å². The Morgan fingerprint density at radius 1 is 0.294 bits per heavy atom. The maximum atomic E-state index is 7.07. The number of benzene rings is 11. The van der Waals surface area contributed by atoms with Gasteiger partial charge in [0.05, 0.1) is 22.7 Å². The quantitative estimate of drug-likeness (QED) is 0.152. The van der Waals surface area contributed by atoms with Crippen molar-refractivity contribution in [3.63, 3.8) is 0 Å². The highest BCUT2D eigenvalue weighted by molar-refractivity contribution is 6.35. The summed E-state index contributed by atoms with van der Waals surface area (Å²) in [5, 5.41) is 13.5. The molecule has 13 aromatic rings. The van der Waals surface area contributed by atoms with Gasteiger partial charge in [-0.2, -0.15) is 0 Å². The lowest BCUT2D eigenvalue weighted by Gasteiger charge is -2.28. The van der Waals surface area contributed by atoms with E-state index in [1.807, 2.05) is 0 Å². The molecule has 0 bridgehead atoms. The van der Waals surface area contributed by atoms with Crippen LogP contribution in [0.3, 0.4) is 0 Å². The minimum Gasteiger partial charge on any atom is -0.456 e. The largest absolute Gasteiger partial charge is 0.456 e. The summed E-state index contributed by atoms with van der Waals surface area (Å²) in [6.45, 7) is 8.98. The van der Waals surface area contributed by atoms with Crippen molar-refractivity contribution in [2.24, 2.45) is 0 Å². The topological polar surface area (TPSA) is 32.8 Å². The fourth-order valence-electron chi connectivity index (χ4n) is 10.8. The van der Waals surface area contributed by atoms with Crippen LogP contribution in [0.15, 0.2) is 215 Å². The van der Waals surface area contributed by atoms with Crippen molar-refractivity contribution >= 4 is 121 Å². The molecule has 0 aliphatic heterocycles. The van der Waals surface area contributed by atoms with Gasteiger partial charge in [0.1, 0.15) is 22.3 Å². The Balaban J connectivity index is 1.09. The van der Waals surface area contributed by atoms with E-state index >= 15 is 0 Å². The molecule has 4 nitrogen and oxygen atoms in total. The predicted octanol–water partition coefficient (Wildman–Crippen LogP) is 19.3. The number of hydrogen-bond acceptors (Lipinski definition) is 4. The van der Waals surface area contributed by atoms with Gasteiger partial charge in [0.15, 0.2) is 0 Å². The molecule has 326 valence electrons. The van der Waals surface area contributed by atoms with E-state index in [1.165, 1.54) is 32.7 Å². The van der Waals surface area contributed by atoms with Gasteiger partial charge in [-0.3, -0.25) is 0 Å². The van der Waals surface area contributed by atoms with E-state index < -0.39 is 0 Å². The first kappa shape index (κ1) is 40.0. The summed E-state index contributed by atoms with van der Waals surface area (Å²) in [6, 6.07) is 74.9. The molecule has 0 radical (unpaired) electrons. The average molecular weight is 877 g/mol. The Morgan fingerprint density at radius 2 is 0.647 bits per heavy atom. The smallest absolute Gasteiger partial charge is 0.138 e. The van der Waals surface area contributed by atoms with E-state index in [9.17, 15) is 0 Å². The number of nitrogens with zero attached hydrogens (tertiary/aromatic N) is 2. The van der Waals surface area contributed by atoms with Crippen LogP contribution < -0.4 is 9.80 Å². The average Bonchev–Trinajstić information content (AvgIpc) is 3.95. The first-order valence-corrected chi connectivity index (χ1v) is 23.8. The van der Waals surface area contributed by atoms with Crippen LogP contribution in [-0.4, -0.2) is 0 Å². The number of fused-ring (bicyclic) bond motifs is 13. The van der Waals surface area contributed by atoms with Gasteiger partial charge in [0.25, 0.3) is 0 Å². The fraction of sp³-hybridized carbons (Fsp3) is 0.0938. The summed E-state index contributed by atoms with van der Waals surface area (Å²) >= 11 is 0. The van der Waals surface area contributed by atoms with Crippen LogP contribution in [-0.2, 0) is 0 Å². The van der Waals surface area contributed by atoms with E-state index in [2.05, 4.69) is 244 Å². The van der Waals surface area contributed by atoms with Crippen molar-refractivity contribution in [1.29, 1.82) is 0 Å². The third-order valence-corrected chi connectivity index (χ3v) is 14.2. The standard InChI is InChI=1S/C64H48N2O2/c1-39(2)41-27-31-45(32-28-41)65(53-25-13-17-43-15-5-7-19-47(43)53)55-37-59-61(51-23-11-9-21-49(51)55)63-57(67-59)35-36-58-64(63)62-52-24-12-10-22-50(52)56(38-60(62)68-58)66(46-33-29-42(30-34-46)40(3)4)54-26-14-18-44-16-6-8-20-48(44)54/h5-40H,1-4H3. The fourth-order valence-corrected chi connectivity index (χ4v) is 10.8. The highest BCUT2D eigenvalue weighted by Gasteiger charge is 2.26. The molecule has 11 aromatic carbocycles. The van der Waals surface area contributed by atoms with Gasteiger partial charge >= 0.3 is 0 Å². The van der Waals surface area contributed by atoms with Crippen LogP contribution in [0, 0.1) is 0 Å². The molecule has 0 amide bonds. The molecule has 68 heavy (non-hydrogen) atoms. The van der Waals surface area contributed by atoms with Gasteiger partial charge in [-0.25, -0.2) is 0 Å². The van der Waals surface area contributed by atoms with Gasteiger partial charge in [-0.05, 0) is 93.0 Å². The summed E-state index contributed by atoms with van der Waals surface area (Å²) in [5.41, 5.74) is 12.4. The van der Waals surface area contributed by atoms with Gasteiger partial charge in [-0.15, -0.1) is 0 Å². The summed E-state index contributed by atoms with van der Waals surface area (Å²) < 4.78 is 14.1. The highest BCUT2D eigenvalue weighted by atomic mass is 16.3. The maximum absolute atomic E-state index is 7.07. The number of rotatable bonds is 8. The van der Waals surface area contributed by atoms with Crippen LogP contribution in [0.4, 0.5) is 34.1 Å². The predicted molar refractivity (Wildman–Crippen MR) is 289 cm³/mol. The number of hydrogen-bond donors (Lipinski definition) is 0. The highest BCUT2D eigenvalue weighted by Crippen LogP contribution is 2.51. The van der Waals surface area contributed by atoms with Crippen LogP contribution in [0.25, 0.3) is 87.0 Å². The second kappa shape index (κ2) is 15.6. The Kier molecular flexibility index (Phi) is 9.20. The van der Waals surface area contributed by atoms with Crippen molar-refractivity contribution in [2.45, 2.75) is 39.5 Å². The van der Waals surface area contributed by atoms with Crippen LogP contribution in [0.1, 0.15) is 50.7 Å². The summed E-state index contributed by atoms with van der Waals surface area (Å²) in [6.07, 6.45) is 0. The summed E-state index contributed by atoms with van der Waals surface area (Å²) in [4.78, 5) is 4.83. The minimum absolute atomic E-state index is 0.424. The lowest BCUT2D eigenvalue weighted by Crippen LogP contribution is -2.11. The molecule has 2 heterocycles. The van der Waals surface area contributed by atoms with Crippen LogP contribution in [0.2, 0.25) is 0 Å². The molecule has 0 aliphatic carbocycles. The second-order valence-corrected chi connectivity index (χ2v) is 18.8. The molecule has 0 N–H and O–H groups in total. The molecule has 0 aliphatic rings. The second-order valence-electron chi connectivity index (χ2n) is 18.8. The summed E-state index contributed by atoms with van der Waals surface area (Å²) in [7, 11) is 0. The van der Waals surface area contributed by atoms with Crippen LogP contribution in [0.5, 0.6) is 0 Å². The normalized spacial score (nSPS) is 12.1. The first-order valence-electron chi connectivity index (χ1n) is 23.8. The van der Waals surface area contributed by atoms with Gasteiger partial charge in [0.2, 0.25) is 0 Å². The molecule has 0 atom stereocenters. The Bertz CT molecular complexity index is 3820. The molecule has 2 aromatic heterocycles. The lowest BCUT2D eigenvalue weighted by atomic mass is 9.95. The Hall–Kier alpha value is -8.34. The van der Waals surface area contributed by atoms with Gasteiger partial charge in [-0.1, -0.05) is 173 Å². The Labute approximate surface area is 394 Å². The number of furan rings is 2. The van der Waals surface area contributed by atoms with Crippen molar-refractivity contribution in [3.05, 3.63) is 217 Å². The third kappa shape index (κ3) is 6.21. The Morgan fingerprint density at radius 3 is 1.04 bits per heavy atom. The molecular formula is C64H48N2O2. The molecule has 0 saturated carbocycles. The zero-order valence-corrected chi connectivity index (χ0v) is 38.5. The minimum atomic E-state index is 0.424. The maximum Gasteiger partial charge on any atom is 0.138 e. The molecular weight excluding hydrogens is 829 g/mol. The van der Waals surface area contributed by atoms with Crippen molar-refractivity contribution in [2.75, 3.05) is 9.80 Å². The SMILES string of the molecule is CC(C)c1ccc(N(c2cccc3ccccc23)c2cc3oc4ccc5oc6cc(N(c7ccc(C(C)C)cc7)c7cccc8ccccc78)c7ccccc7c6c5c4c3c3ccccc23)cc1. The molecule has 0 saturated heterocycles. The molecule has 0 fully saturated rings. The van der Waals surface area contributed by atoms with E-state index in [0.29, 0.717) is 11.8 Å². The van der Waals surface area contributed by atoms with E-state index in [1.54, 1.807) is 0 Å². The lowest BCUT2D eigenvalue weighted by molar-refractivity contribution is 0.663. The molecule has 0 spiro atoms. The molecule has 0 unspecified atom stereocenters. The van der Waals surface area contributed by atoms with E-state index in [0.717, 1.165) is 99.5 Å². The summed E-state index contributed by atoms with van der Waals surface area (Å²) in [5.74, 6) is 0.847. The molecule has 13 rings (SSSR count). The zero-order valence-electron chi connectivity index (χ0n) is 38.5. The van der Waals surface area contributed by atoms with Gasteiger partial charge in [0, 0.05) is 66.6 Å². The first-order chi connectivity index (χ1) is 33.4. The monoisotopic (exact) mass is 876 g/mol. The molecule has 4 heteroatoms. The number of anilines is 6. The van der Waals surface area contributed by atoms with Crippen LogP contribution >= 0.6 is 0 Å². The third-order valence-electron chi connectivity index (χ3n) is 14.2.